The summed E-state index contributed by atoms with van der Waals surface area (Å²) >= 11 is 0. The smallest absolute Gasteiger partial charge is 0.305 e. The van der Waals surface area contributed by atoms with Gasteiger partial charge in [0, 0.05) is 13.0 Å². The average molecular weight is 432 g/mol. The molecule has 1 heterocycles. The second-order valence-electron chi connectivity index (χ2n) is 8.11. The van der Waals surface area contributed by atoms with Crippen LogP contribution in [0.15, 0.2) is 48.5 Å². The van der Waals surface area contributed by atoms with Crippen molar-refractivity contribution in [2.75, 3.05) is 33.4 Å². The molecule has 0 bridgehead atoms. The van der Waals surface area contributed by atoms with Crippen LogP contribution in [0.5, 0.6) is 0 Å². The number of hydrogen-bond acceptors (Lipinski definition) is 4. The van der Waals surface area contributed by atoms with Crippen LogP contribution in [-0.4, -0.2) is 44.2 Å². The molecule has 0 spiro atoms. The largest absolute Gasteiger partial charge is 0.469 e. The van der Waals surface area contributed by atoms with Gasteiger partial charge in [0.25, 0.3) is 0 Å². The fourth-order valence-corrected chi connectivity index (χ4v) is 4.10. The molecular formula is C25H31F2NO3. The SMILES string of the molecule is COC(=O)CCCC1CCN(CCOC(c2ccc(F)cc2)c2ccc(F)cc2)CC1. The summed E-state index contributed by atoms with van der Waals surface area (Å²) in [4.78, 5) is 13.6. The van der Waals surface area contributed by atoms with Crippen LogP contribution in [-0.2, 0) is 14.3 Å². The minimum absolute atomic E-state index is 0.133. The summed E-state index contributed by atoms with van der Waals surface area (Å²) in [6.07, 6.45) is 4.34. The Labute approximate surface area is 183 Å². The highest BCUT2D eigenvalue weighted by Crippen LogP contribution is 2.27. The first kappa shape index (κ1) is 23.4. The Morgan fingerprint density at radius 1 is 1.00 bits per heavy atom. The molecule has 2 aromatic rings. The summed E-state index contributed by atoms with van der Waals surface area (Å²) in [6, 6.07) is 12.5. The molecular weight excluding hydrogens is 400 g/mol. The number of likely N-dealkylation sites (tertiary alicyclic amines) is 1. The van der Waals surface area contributed by atoms with Gasteiger partial charge in [0.1, 0.15) is 17.7 Å². The zero-order valence-corrected chi connectivity index (χ0v) is 18.1. The van der Waals surface area contributed by atoms with E-state index in [0.29, 0.717) is 18.9 Å². The molecule has 0 unspecified atom stereocenters. The van der Waals surface area contributed by atoms with E-state index in [1.807, 2.05) is 0 Å². The molecule has 3 rings (SSSR count). The Morgan fingerprint density at radius 3 is 2.06 bits per heavy atom. The number of benzene rings is 2. The van der Waals surface area contributed by atoms with E-state index in [4.69, 9.17) is 9.47 Å². The first-order valence-corrected chi connectivity index (χ1v) is 11.0. The second kappa shape index (κ2) is 11.9. The number of piperidine rings is 1. The summed E-state index contributed by atoms with van der Waals surface area (Å²) in [6.45, 7) is 3.38. The number of rotatable bonds is 10. The summed E-state index contributed by atoms with van der Waals surface area (Å²) in [5, 5.41) is 0. The Bertz CT molecular complexity index is 757. The fourth-order valence-electron chi connectivity index (χ4n) is 4.10. The molecule has 0 saturated carbocycles. The standard InChI is InChI=1S/C25H31F2NO3/c1-30-24(29)4-2-3-19-13-15-28(16-14-19)17-18-31-25(20-5-9-22(26)10-6-20)21-7-11-23(27)12-8-21/h5-12,19,25H,2-4,13-18H2,1H3. The molecule has 4 nitrogen and oxygen atoms in total. The van der Waals surface area contributed by atoms with E-state index in [1.54, 1.807) is 24.3 Å². The Morgan fingerprint density at radius 2 is 1.55 bits per heavy atom. The van der Waals surface area contributed by atoms with Crippen molar-refractivity contribution in [2.45, 2.75) is 38.2 Å². The number of esters is 1. The van der Waals surface area contributed by atoms with Crippen molar-refractivity contribution in [3.05, 3.63) is 71.3 Å². The summed E-state index contributed by atoms with van der Waals surface area (Å²) in [5.41, 5.74) is 1.69. The highest BCUT2D eigenvalue weighted by molar-refractivity contribution is 5.68. The van der Waals surface area contributed by atoms with Crippen molar-refractivity contribution in [1.29, 1.82) is 0 Å². The van der Waals surface area contributed by atoms with E-state index in [2.05, 4.69) is 4.90 Å². The first-order valence-electron chi connectivity index (χ1n) is 11.0. The maximum Gasteiger partial charge on any atom is 0.305 e. The Kier molecular flexibility index (Phi) is 8.98. The topological polar surface area (TPSA) is 38.8 Å². The Hall–Kier alpha value is -2.31. The third-order valence-electron chi connectivity index (χ3n) is 5.97. The van der Waals surface area contributed by atoms with Gasteiger partial charge < -0.3 is 14.4 Å². The third kappa shape index (κ3) is 7.40. The van der Waals surface area contributed by atoms with E-state index >= 15 is 0 Å². The summed E-state index contributed by atoms with van der Waals surface area (Å²) < 4.78 is 37.6. The number of carbonyl (C=O) groups is 1. The predicted molar refractivity (Wildman–Crippen MR) is 116 cm³/mol. The lowest BCUT2D eigenvalue weighted by atomic mass is 9.91. The predicted octanol–water partition coefficient (Wildman–Crippen LogP) is 5.13. The number of ether oxygens (including phenoxy) is 2. The lowest BCUT2D eigenvalue weighted by Gasteiger charge is -2.32. The van der Waals surface area contributed by atoms with Gasteiger partial charge in [-0.1, -0.05) is 24.3 Å². The van der Waals surface area contributed by atoms with E-state index in [0.717, 1.165) is 56.4 Å². The average Bonchev–Trinajstić information content (AvgIpc) is 2.79. The third-order valence-corrected chi connectivity index (χ3v) is 5.97. The molecule has 0 aromatic heterocycles. The van der Waals surface area contributed by atoms with Gasteiger partial charge in [0.15, 0.2) is 0 Å². The van der Waals surface area contributed by atoms with E-state index in [1.165, 1.54) is 31.4 Å². The second-order valence-corrected chi connectivity index (χ2v) is 8.11. The van der Waals surface area contributed by atoms with Crippen molar-refractivity contribution in [1.82, 2.24) is 4.90 Å². The molecule has 1 saturated heterocycles. The zero-order valence-electron chi connectivity index (χ0n) is 18.1. The molecule has 0 amide bonds. The number of halogens is 2. The molecule has 1 aliphatic heterocycles. The molecule has 6 heteroatoms. The van der Waals surface area contributed by atoms with E-state index in [9.17, 15) is 13.6 Å². The molecule has 1 aliphatic rings. The van der Waals surface area contributed by atoms with Crippen LogP contribution in [0.1, 0.15) is 49.3 Å². The molecule has 1 fully saturated rings. The van der Waals surface area contributed by atoms with Gasteiger partial charge >= 0.3 is 5.97 Å². The molecule has 0 aliphatic carbocycles. The Balaban J connectivity index is 1.47. The van der Waals surface area contributed by atoms with Crippen LogP contribution < -0.4 is 0 Å². The molecule has 2 aromatic carbocycles. The zero-order chi connectivity index (χ0) is 22.1. The van der Waals surface area contributed by atoms with Gasteiger partial charge in [-0.3, -0.25) is 4.79 Å². The van der Waals surface area contributed by atoms with Crippen LogP contribution in [0.3, 0.4) is 0 Å². The van der Waals surface area contributed by atoms with Gasteiger partial charge in [0.05, 0.1) is 13.7 Å². The van der Waals surface area contributed by atoms with Crippen molar-refractivity contribution >= 4 is 5.97 Å². The number of nitrogens with zero attached hydrogens (tertiary/aromatic N) is 1. The van der Waals surface area contributed by atoms with Gasteiger partial charge in [-0.2, -0.15) is 0 Å². The molecule has 0 N–H and O–H groups in total. The minimum atomic E-state index is -0.364. The quantitative estimate of drug-likeness (QED) is 0.489. The minimum Gasteiger partial charge on any atom is -0.469 e. The maximum absolute atomic E-state index is 13.3. The molecule has 0 radical (unpaired) electrons. The monoisotopic (exact) mass is 431 g/mol. The number of hydrogen-bond donors (Lipinski definition) is 0. The summed E-state index contributed by atoms with van der Waals surface area (Å²) in [7, 11) is 1.43. The van der Waals surface area contributed by atoms with E-state index in [-0.39, 0.29) is 23.7 Å². The normalized spacial score (nSPS) is 15.4. The van der Waals surface area contributed by atoms with Crippen molar-refractivity contribution in [3.63, 3.8) is 0 Å². The lowest BCUT2D eigenvalue weighted by Crippen LogP contribution is -2.36. The summed E-state index contributed by atoms with van der Waals surface area (Å²) in [5.74, 6) is -0.0634. The first-order chi connectivity index (χ1) is 15.0. The van der Waals surface area contributed by atoms with Crippen LogP contribution in [0.4, 0.5) is 8.78 Å². The molecule has 31 heavy (non-hydrogen) atoms. The highest BCUT2D eigenvalue weighted by Gasteiger charge is 2.20. The molecule has 168 valence electrons. The van der Waals surface area contributed by atoms with Crippen molar-refractivity contribution in [2.24, 2.45) is 5.92 Å². The fraction of sp³-hybridized carbons (Fsp3) is 0.480. The van der Waals surface area contributed by atoms with E-state index < -0.39 is 0 Å². The number of carbonyl (C=O) groups excluding carboxylic acids is 1. The van der Waals surface area contributed by atoms with Gasteiger partial charge in [-0.15, -0.1) is 0 Å². The highest BCUT2D eigenvalue weighted by atomic mass is 19.1. The van der Waals surface area contributed by atoms with Crippen LogP contribution in [0, 0.1) is 17.6 Å². The van der Waals surface area contributed by atoms with Gasteiger partial charge in [-0.05, 0) is 80.1 Å². The number of methoxy groups -OCH3 is 1. The maximum atomic E-state index is 13.3. The van der Waals surface area contributed by atoms with Gasteiger partial charge in [0.2, 0.25) is 0 Å². The van der Waals surface area contributed by atoms with Gasteiger partial charge in [-0.25, -0.2) is 8.78 Å². The van der Waals surface area contributed by atoms with Crippen LogP contribution >= 0.6 is 0 Å². The van der Waals surface area contributed by atoms with Crippen molar-refractivity contribution < 1.29 is 23.0 Å². The van der Waals surface area contributed by atoms with Crippen LogP contribution in [0.2, 0.25) is 0 Å². The molecule has 0 atom stereocenters. The van der Waals surface area contributed by atoms with Crippen LogP contribution in [0.25, 0.3) is 0 Å². The van der Waals surface area contributed by atoms with Crippen molar-refractivity contribution in [3.8, 4) is 0 Å². The lowest BCUT2D eigenvalue weighted by molar-refractivity contribution is -0.140.